The number of phenolic OH excluding ortho intramolecular Hbond substituents is 1. The zero-order valence-corrected chi connectivity index (χ0v) is 15.7. The summed E-state index contributed by atoms with van der Waals surface area (Å²) in [6.07, 6.45) is 2.07. The number of hydrogen-bond donors (Lipinski definition) is 2. The van der Waals surface area contributed by atoms with Crippen molar-refractivity contribution in [3.05, 3.63) is 71.5 Å². The number of ether oxygens (including phenoxy) is 2. The van der Waals surface area contributed by atoms with Crippen LogP contribution in [0.25, 0.3) is 5.69 Å². The molecule has 5 heteroatoms. The quantitative estimate of drug-likeness (QED) is 0.730. The molecule has 0 saturated heterocycles. The molecule has 2 aromatic carbocycles. The average Bonchev–Trinajstić information content (AvgIpc) is 3.09. The molecule has 1 aliphatic rings. The molecule has 2 heterocycles. The van der Waals surface area contributed by atoms with Crippen molar-refractivity contribution in [3.63, 3.8) is 0 Å². The molecule has 4 rings (SSSR count). The van der Waals surface area contributed by atoms with Gasteiger partial charge in [0.05, 0.1) is 30.2 Å². The van der Waals surface area contributed by atoms with Crippen LogP contribution < -0.4 is 14.8 Å². The number of nitrogens with zero attached hydrogens (tertiary/aromatic N) is 1. The number of benzene rings is 2. The first-order valence-corrected chi connectivity index (χ1v) is 9.44. The van der Waals surface area contributed by atoms with E-state index in [2.05, 4.69) is 34.3 Å². The molecular formula is C22H25N2O3+. The molecule has 3 aromatic rings. The van der Waals surface area contributed by atoms with Crippen molar-refractivity contribution in [1.82, 2.24) is 4.57 Å². The van der Waals surface area contributed by atoms with E-state index in [-0.39, 0.29) is 6.04 Å². The molecule has 0 aliphatic carbocycles. The summed E-state index contributed by atoms with van der Waals surface area (Å²) < 4.78 is 13.8. The monoisotopic (exact) mass is 365 g/mol. The van der Waals surface area contributed by atoms with Gasteiger partial charge in [-0.1, -0.05) is 12.1 Å². The van der Waals surface area contributed by atoms with E-state index < -0.39 is 0 Å². The van der Waals surface area contributed by atoms with Gasteiger partial charge in [0.1, 0.15) is 12.3 Å². The highest BCUT2D eigenvalue weighted by Gasteiger charge is 2.29. The van der Waals surface area contributed by atoms with Crippen molar-refractivity contribution in [2.24, 2.45) is 0 Å². The van der Waals surface area contributed by atoms with Crippen LogP contribution in [0.2, 0.25) is 0 Å². The molecule has 0 radical (unpaired) electrons. The van der Waals surface area contributed by atoms with E-state index in [0.29, 0.717) is 19.0 Å². The predicted molar refractivity (Wildman–Crippen MR) is 104 cm³/mol. The maximum atomic E-state index is 10.4. The Morgan fingerprint density at radius 2 is 1.78 bits per heavy atom. The molecule has 140 valence electrons. The fourth-order valence-corrected chi connectivity index (χ4v) is 3.78. The summed E-state index contributed by atoms with van der Waals surface area (Å²) in [6, 6.07) is 15.9. The predicted octanol–water partition coefficient (Wildman–Crippen LogP) is 3.15. The van der Waals surface area contributed by atoms with Gasteiger partial charge in [0.15, 0.2) is 17.5 Å². The lowest BCUT2D eigenvalue weighted by Gasteiger charge is -2.16. The van der Waals surface area contributed by atoms with Crippen molar-refractivity contribution >= 4 is 0 Å². The number of nitrogens with two attached hydrogens (primary N) is 1. The Morgan fingerprint density at radius 1 is 1.04 bits per heavy atom. The number of aromatic nitrogens is 1. The second-order valence-electron chi connectivity index (χ2n) is 6.57. The van der Waals surface area contributed by atoms with Crippen LogP contribution in [0.1, 0.15) is 36.7 Å². The van der Waals surface area contributed by atoms with Gasteiger partial charge in [-0.05, 0) is 44.2 Å². The van der Waals surface area contributed by atoms with Crippen molar-refractivity contribution in [2.75, 3.05) is 13.2 Å². The Hall–Kier alpha value is -2.92. The maximum absolute atomic E-state index is 10.4. The minimum Gasteiger partial charge on any atom is -0.507 e. The highest BCUT2D eigenvalue weighted by Crippen LogP contribution is 2.36. The topological polar surface area (TPSA) is 60.2 Å². The van der Waals surface area contributed by atoms with Crippen molar-refractivity contribution in [1.29, 1.82) is 0 Å². The molecule has 0 bridgehead atoms. The molecule has 5 nitrogen and oxygen atoms in total. The highest BCUT2D eigenvalue weighted by atomic mass is 16.5. The van der Waals surface area contributed by atoms with Crippen LogP contribution in [0, 0.1) is 0 Å². The molecule has 0 fully saturated rings. The Morgan fingerprint density at radius 3 is 2.52 bits per heavy atom. The fourth-order valence-electron chi connectivity index (χ4n) is 3.78. The third-order valence-corrected chi connectivity index (χ3v) is 4.95. The zero-order valence-electron chi connectivity index (χ0n) is 15.7. The highest BCUT2D eigenvalue weighted by molar-refractivity contribution is 5.56. The van der Waals surface area contributed by atoms with Crippen LogP contribution >= 0.6 is 0 Å². The molecule has 1 atom stereocenters. The molecule has 1 aliphatic heterocycles. The van der Waals surface area contributed by atoms with Gasteiger partial charge >= 0.3 is 0 Å². The zero-order chi connectivity index (χ0) is 18.8. The maximum Gasteiger partial charge on any atom is 0.163 e. The van der Waals surface area contributed by atoms with Crippen molar-refractivity contribution < 1.29 is 19.9 Å². The number of fused-ring (bicyclic) bond motifs is 3. The Kier molecular flexibility index (Phi) is 4.77. The van der Waals surface area contributed by atoms with E-state index in [9.17, 15) is 5.11 Å². The third-order valence-electron chi connectivity index (χ3n) is 4.95. The van der Waals surface area contributed by atoms with Crippen molar-refractivity contribution in [3.8, 4) is 22.9 Å². The van der Waals surface area contributed by atoms with Gasteiger partial charge in [-0.3, -0.25) is 0 Å². The van der Waals surface area contributed by atoms with Gasteiger partial charge in [-0.15, -0.1) is 0 Å². The summed E-state index contributed by atoms with van der Waals surface area (Å²) in [7, 11) is 0. The average molecular weight is 365 g/mol. The summed E-state index contributed by atoms with van der Waals surface area (Å²) in [4.78, 5) is 0. The lowest BCUT2D eigenvalue weighted by molar-refractivity contribution is -0.702. The number of phenols is 1. The number of aromatic hydroxyl groups is 1. The van der Waals surface area contributed by atoms with E-state index in [1.807, 2.05) is 38.1 Å². The molecule has 0 unspecified atom stereocenters. The molecular weight excluding hydrogens is 340 g/mol. The normalized spacial score (nSPS) is 15.6. The first-order valence-electron chi connectivity index (χ1n) is 9.44. The molecule has 3 N–H and O–H groups in total. The minimum absolute atomic E-state index is 0.0136. The van der Waals surface area contributed by atoms with E-state index in [1.54, 1.807) is 6.07 Å². The lowest BCUT2D eigenvalue weighted by atomic mass is 10.0. The Labute approximate surface area is 159 Å². The molecule has 27 heavy (non-hydrogen) atoms. The summed E-state index contributed by atoms with van der Waals surface area (Å²) >= 11 is 0. The van der Waals surface area contributed by atoms with Crippen LogP contribution in [0.15, 0.2) is 54.7 Å². The molecule has 0 amide bonds. The number of hydrogen-bond acceptors (Lipinski definition) is 3. The van der Waals surface area contributed by atoms with Crippen LogP contribution in [0.3, 0.4) is 0 Å². The summed E-state index contributed by atoms with van der Waals surface area (Å²) in [5.74, 6) is 1.86. The van der Waals surface area contributed by atoms with Crippen LogP contribution in [-0.2, 0) is 6.54 Å². The van der Waals surface area contributed by atoms with Gasteiger partial charge in [-0.25, -0.2) is 0 Å². The summed E-state index contributed by atoms with van der Waals surface area (Å²) in [6.45, 7) is 5.92. The molecule has 1 aromatic heterocycles. The third kappa shape index (κ3) is 3.15. The molecule has 0 spiro atoms. The van der Waals surface area contributed by atoms with E-state index in [1.165, 1.54) is 5.56 Å². The van der Waals surface area contributed by atoms with E-state index in [0.717, 1.165) is 35.0 Å². The van der Waals surface area contributed by atoms with Gasteiger partial charge in [0.25, 0.3) is 0 Å². The molecule has 0 saturated carbocycles. The van der Waals surface area contributed by atoms with E-state index in [4.69, 9.17) is 9.47 Å². The minimum atomic E-state index is 0.0136. The van der Waals surface area contributed by atoms with Gasteiger partial charge in [0.2, 0.25) is 0 Å². The van der Waals surface area contributed by atoms with Crippen molar-refractivity contribution in [2.45, 2.75) is 26.4 Å². The number of rotatable bonds is 5. The number of quaternary nitrogens is 1. The fraction of sp³-hybridized carbons (Fsp3) is 0.273. The van der Waals surface area contributed by atoms with Gasteiger partial charge in [-0.2, -0.15) is 0 Å². The Balaban J connectivity index is 1.84. The largest absolute Gasteiger partial charge is 0.507 e. The van der Waals surface area contributed by atoms with Crippen LogP contribution in [0.4, 0.5) is 0 Å². The van der Waals surface area contributed by atoms with E-state index >= 15 is 0 Å². The number of para-hydroxylation sites is 1. The lowest BCUT2D eigenvalue weighted by Crippen LogP contribution is -2.83. The first-order chi connectivity index (χ1) is 13.2. The van der Waals surface area contributed by atoms with Gasteiger partial charge < -0.3 is 24.5 Å². The van der Waals surface area contributed by atoms with Crippen LogP contribution in [0.5, 0.6) is 17.2 Å². The summed E-state index contributed by atoms with van der Waals surface area (Å²) in [5, 5.41) is 12.6. The second-order valence-corrected chi connectivity index (χ2v) is 6.57. The van der Waals surface area contributed by atoms with Crippen LogP contribution in [-0.4, -0.2) is 22.9 Å². The summed E-state index contributed by atoms with van der Waals surface area (Å²) in [5.41, 5.74) is 4.32. The second kappa shape index (κ2) is 7.37. The SMILES string of the molecule is CCOc1cc2c(cc1OCC)-n1cccc1[C@H](c1ccccc1O)[NH2+]C2. The Bertz CT molecular complexity index is 948. The first kappa shape index (κ1) is 17.5. The standard InChI is InChI=1S/C22H24N2O3/c1-3-26-20-12-15-14-23-22(16-8-5-6-10-19(16)25)17-9-7-11-24(17)18(15)13-21(20)27-4-2/h5-13,22-23,25H,3-4,14H2,1-2H3/p+1/t22-/m0/s1. The smallest absolute Gasteiger partial charge is 0.163 e. The van der Waals surface area contributed by atoms with Gasteiger partial charge in [0, 0.05) is 17.8 Å².